The number of amides is 1. The summed E-state index contributed by atoms with van der Waals surface area (Å²) in [6.07, 6.45) is 0. The van der Waals surface area contributed by atoms with Crippen molar-refractivity contribution in [3.05, 3.63) is 35.2 Å². The first-order valence-electron chi connectivity index (χ1n) is 6.65. The van der Waals surface area contributed by atoms with E-state index in [1.165, 1.54) is 0 Å². The molecule has 0 bridgehead atoms. The van der Waals surface area contributed by atoms with E-state index in [0.29, 0.717) is 12.1 Å². The number of hydrogen-bond acceptors (Lipinski definition) is 4. The second kappa shape index (κ2) is 5.96. The molecule has 0 fully saturated rings. The van der Waals surface area contributed by atoms with Crippen molar-refractivity contribution < 1.29 is 4.79 Å². The van der Waals surface area contributed by atoms with Gasteiger partial charge in [0.2, 0.25) is 0 Å². The van der Waals surface area contributed by atoms with Gasteiger partial charge >= 0.3 is 0 Å². The molecule has 5 nitrogen and oxygen atoms in total. The molecule has 0 radical (unpaired) electrons. The first-order valence-corrected chi connectivity index (χ1v) is 6.65. The molecule has 0 atom stereocenters. The van der Waals surface area contributed by atoms with Gasteiger partial charge in [-0.1, -0.05) is 0 Å². The Kier molecular flexibility index (Phi) is 4.29. The predicted molar refractivity (Wildman–Crippen MR) is 79.9 cm³/mol. The van der Waals surface area contributed by atoms with Crippen LogP contribution in [-0.4, -0.2) is 48.0 Å². The van der Waals surface area contributed by atoms with Crippen molar-refractivity contribution in [2.24, 2.45) is 0 Å². The van der Waals surface area contributed by atoms with Gasteiger partial charge in [0.1, 0.15) is 0 Å². The van der Waals surface area contributed by atoms with E-state index < -0.39 is 0 Å². The number of likely N-dealkylation sites (N-methyl/N-ethyl adjacent to an activating group) is 1. The van der Waals surface area contributed by atoms with E-state index in [1.807, 2.05) is 38.9 Å². The Morgan fingerprint density at radius 1 is 1.15 bits per heavy atom. The van der Waals surface area contributed by atoms with Crippen LogP contribution in [0.4, 0.5) is 0 Å². The summed E-state index contributed by atoms with van der Waals surface area (Å²) < 4.78 is 0. The normalized spacial score (nSPS) is 11.1. The third-order valence-corrected chi connectivity index (χ3v) is 3.18. The third-order valence-electron chi connectivity index (χ3n) is 3.18. The number of fused-ring (bicyclic) bond motifs is 1. The maximum atomic E-state index is 12.0. The Bertz CT molecular complexity index is 637. The number of rotatable bonds is 4. The van der Waals surface area contributed by atoms with Crippen molar-refractivity contribution >= 4 is 16.9 Å². The molecular weight excluding hydrogens is 252 g/mol. The van der Waals surface area contributed by atoms with Crippen LogP contribution in [0.25, 0.3) is 11.0 Å². The number of aryl methyl sites for hydroxylation is 2. The Morgan fingerprint density at radius 2 is 1.80 bits per heavy atom. The molecule has 0 aliphatic heterocycles. The molecule has 0 aliphatic carbocycles. The zero-order chi connectivity index (χ0) is 14.7. The molecular formula is C15H20N4O. The van der Waals surface area contributed by atoms with Crippen molar-refractivity contribution in [2.75, 3.05) is 27.2 Å². The van der Waals surface area contributed by atoms with Crippen LogP contribution in [0.3, 0.4) is 0 Å². The first kappa shape index (κ1) is 14.4. The van der Waals surface area contributed by atoms with E-state index in [-0.39, 0.29) is 5.91 Å². The fraction of sp³-hybridized carbons (Fsp3) is 0.400. The van der Waals surface area contributed by atoms with Crippen LogP contribution in [0, 0.1) is 13.8 Å². The quantitative estimate of drug-likeness (QED) is 0.917. The molecule has 2 aromatic rings. The zero-order valence-corrected chi connectivity index (χ0v) is 12.4. The lowest BCUT2D eigenvalue weighted by atomic mass is 10.1. The lowest BCUT2D eigenvalue weighted by Gasteiger charge is -2.10. The van der Waals surface area contributed by atoms with E-state index in [4.69, 9.17) is 0 Å². The Balaban J connectivity index is 2.18. The lowest BCUT2D eigenvalue weighted by molar-refractivity contribution is 0.0951. The van der Waals surface area contributed by atoms with Crippen LogP contribution in [0.5, 0.6) is 0 Å². The summed E-state index contributed by atoms with van der Waals surface area (Å²) in [5.41, 5.74) is 4.00. The fourth-order valence-corrected chi connectivity index (χ4v) is 1.87. The monoisotopic (exact) mass is 272 g/mol. The summed E-state index contributed by atoms with van der Waals surface area (Å²) in [6, 6.07) is 5.42. The number of benzene rings is 1. The maximum absolute atomic E-state index is 12.0. The summed E-state index contributed by atoms with van der Waals surface area (Å²) in [4.78, 5) is 23.0. The lowest BCUT2D eigenvalue weighted by Crippen LogP contribution is -2.31. The topological polar surface area (TPSA) is 58.1 Å². The van der Waals surface area contributed by atoms with Crippen LogP contribution >= 0.6 is 0 Å². The molecule has 1 N–H and O–H groups in total. The maximum Gasteiger partial charge on any atom is 0.251 e. The summed E-state index contributed by atoms with van der Waals surface area (Å²) in [5.74, 6) is -0.0752. The average Bonchev–Trinajstić information content (AvgIpc) is 2.39. The highest BCUT2D eigenvalue weighted by molar-refractivity contribution is 5.97. The molecule has 1 aromatic carbocycles. The number of nitrogens with one attached hydrogen (secondary N) is 1. The predicted octanol–water partition coefficient (Wildman–Crippen LogP) is 1.54. The Morgan fingerprint density at radius 3 is 2.45 bits per heavy atom. The molecule has 106 valence electrons. The number of aromatic nitrogens is 2. The number of nitrogens with zero attached hydrogens (tertiary/aromatic N) is 3. The summed E-state index contributed by atoms with van der Waals surface area (Å²) in [7, 11) is 3.95. The van der Waals surface area contributed by atoms with Gasteiger partial charge in [0.05, 0.1) is 22.4 Å². The van der Waals surface area contributed by atoms with E-state index in [0.717, 1.165) is 29.0 Å². The molecule has 0 saturated carbocycles. The standard InChI is InChI=1S/C15H20N4O/c1-10-11(2)18-14-9-12(5-6-13(14)17-10)15(20)16-7-8-19(3)4/h5-6,9H,7-8H2,1-4H3,(H,16,20). The van der Waals surface area contributed by atoms with Gasteiger partial charge in [-0.25, -0.2) is 9.97 Å². The van der Waals surface area contributed by atoms with Crippen molar-refractivity contribution in [3.8, 4) is 0 Å². The van der Waals surface area contributed by atoms with Gasteiger partial charge in [-0.15, -0.1) is 0 Å². The van der Waals surface area contributed by atoms with Gasteiger partial charge in [0.25, 0.3) is 5.91 Å². The van der Waals surface area contributed by atoms with Crippen molar-refractivity contribution in [1.82, 2.24) is 20.2 Å². The molecule has 1 aromatic heterocycles. The van der Waals surface area contributed by atoms with Crippen LogP contribution in [-0.2, 0) is 0 Å². The fourth-order valence-electron chi connectivity index (χ4n) is 1.87. The van der Waals surface area contributed by atoms with Gasteiger partial charge in [-0.3, -0.25) is 4.79 Å². The molecule has 0 saturated heterocycles. The van der Waals surface area contributed by atoms with Crippen LogP contribution < -0.4 is 5.32 Å². The van der Waals surface area contributed by atoms with E-state index in [2.05, 4.69) is 15.3 Å². The van der Waals surface area contributed by atoms with Gasteiger partial charge in [0, 0.05) is 18.7 Å². The second-order valence-electron chi connectivity index (χ2n) is 5.16. The van der Waals surface area contributed by atoms with E-state index in [9.17, 15) is 4.79 Å². The van der Waals surface area contributed by atoms with Gasteiger partial charge in [0.15, 0.2) is 0 Å². The van der Waals surface area contributed by atoms with Gasteiger partial charge < -0.3 is 10.2 Å². The SMILES string of the molecule is Cc1nc2ccc(C(=O)NCCN(C)C)cc2nc1C. The summed E-state index contributed by atoms with van der Waals surface area (Å²) >= 11 is 0. The Labute approximate surface area is 119 Å². The van der Waals surface area contributed by atoms with Crippen molar-refractivity contribution in [3.63, 3.8) is 0 Å². The molecule has 1 heterocycles. The molecule has 0 aliphatic rings. The smallest absolute Gasteiger partial charge is 0.251 e. The molecule has 5 heteroatoms. The zero-order valence-electron chi connectivity index (χ0n) is 12.4. The van der Waals surface area contributed by atoms with Gasteiger partial charge in [-0.2, -0.15) is 0 Å². The molecule has 20 heavy (non-hydrogen) atoms. The largest absolute Gasteiger partial charge is 0.351 e. The number of carbonyl (C=O) groups excluding carboxylic acids is 1. The average molecular weight is 272 g/mol. The second-order valence-corrected chi connectivity index (χ2v) is 5.16. The van der Waals surface area contributed by atoms with Crippen molar-refractivity contribution in [1.29, 1.82) is 0 Å². The van der Waals surface area contributed by atoms with Gasteiger partial charge in [-0.05, 0) is 46.1 Å². The minimum absolute atomic E-state index is 0.0752. The van der Waals surface area contributed by atoms with Crippen molar-refractivity contribution in [2.45, 2.75) is 13.8 Å². The van der Waals surface area contributed by atoms with Crippen LogP contribution in [0.1, 0.15) is 21.7 Å². The minimum Gasteiger partial charge on any atom is -0.351 e. The summed E-state index contributed by atoms with van der Waals surface area (Å²) in [6.45, 7) is 5.30. The Hall–Kier alpha value is -2.01. The minimum atomic E-state index is -0.0752. The van der Waals surface area contributed by atoms with E-state index >= 15 is 0 Å². The highest BCUT2D eigenvalue weighted by Gasteiger charge is 2.08. The summed E-state index contributed by atoms with van der Waals surface area (Å²) in [5, 5.41) is 2.89. The van der Waals surface area contributed by atoms with Crippen LogP contribution in [0.2, 0.25) is 0 Å². The van der Waals surface area contributed by atoms with E-state index in [1.54, 1.807) is 12.1 Å². The highest BCUT2D eigenvalue weighted by atomic mass is 16.1. The first-order chi connectivity index (χ1) is 9.47. The highest BCUT2D eigenvalue weighted by Crippen LogP contribution is 2.14. The molecule has 0 unspecified atom stereocenters. The van der Waals surface area contributed by atoms with Crippen LogP contribution in [0.15, 0.2) is 18.2 Å². The molecule has 2 rings (SSSR count). The molecule has 0 spiro atoms. The number of hydrogen-bond donors (Lipinski definition) is 1. The molecule has 1 amide bonds. The number of carbonyl (C=O) groups is 1. The third kappa shape index (κ3) is 3.30.